The molecule has 3 aromatic heterocycles. The van der Waals surface area contributed by atoms with E-state index in [1.165, 1.54) is 16.6 Å². The lowest BCUT2D eigenvalue weighted by Crippen LogP contribution is -2.36. The maximum Gasteiger partial charge on any atom is 0.335 e. The maximum absolute atomic E-state index is 12.6. The van der Waals surface area contributed by atoms with Gasteiger partial charge in [0, 0.05) is 32.5 Å². The average Bonchev–Trinajstić information content (AvgIpc) is 2.91. The normalized spacial score (nSPS) is 12.9. The Morgan fingerprint density at radius 1 is 1.11 bits per heavy atom. The van der Waals surface area contributed by atoms with E-state index in [2.05, 4.69) is 25.9 Å². The summed E-state index contributed by atoms with van der Waals surface area (Å²) in [5.74, 6) is 0. The summed E-state index contributed by atoms with van der Waals surface area (Å²) in [7, 11) is 3.55. The van der Waals surface area contributed by atoms with Crippen molar-refractivity contribution in [1.82, 2.24) is 14.5 Å². The zero-order chi connectivity index (χ0) is 28.3. The Balaban J connectivity index is 0.000000296. The van der Waals surface area contributed by atoms with E-state index in [0.717, 1.165) is 25.7 Å². The molecule has 3 heterocycles. The highest BCUT2D eigenvalue weighted by Crippen LogP contribution is 2.32. The summed E-state index contributed by atoms with van der Waals surface area (Å²) in [6.07, 6.45) is 9.17. The minimum absolute atomic E-state index is 0.0978. The molecule has 0 saturated heterocycles. The van der Waals surface area contributed by atoms with Crippen LogP contribution in [-0.2, 0) is 11.9 Å². The Bertz CT molecular complexity index is 1400. The molecule has 4 rings (SSSR count). The van der Waals surface area contributed by atoms with Crippen molar-refractivity contribution in [3.8, 4) is 18.7 Å². The van der Waals surface area contributed by atoms with Gasteiger partial charge in [0.15, 0.2) is 5.60 Å². The summed E-state index contributed by atoms with van der Waals surface area (Å²) < 4.78 is 1.43. The molecule has 0 radical (unpaired) electrons. The first-order valence-corrected chi connectivity index (χ1v) is 12.6. The third-order valence-electron chi connectivity index (χ3n) is 6.09. The van der Waals surface area contributed by atoms with Gasteiger partial charge in [-0.1, -0.05) is 19.3 Å². The molecule has 0 aromatic carbocycles. The molecular weight excluding hydrogens is 478 g/mol. The van der Waals surface area contributed by atoms with Crippen molar-refractivity contribution in [2.45, 2.75) is 71.4 Å². The summed E-state index contributed by atoms with van der Waals surface area (Å²) in [4.78, 5) is 27.5. The van der Waals surface area contributed by atoms with Crippen molar-refractivity contribution in [1.29, 1.82) is 10.5 Å². The summed E-state index contributed by atoms with van der Waals surface area (Å²) >= 11 is 0. The van der Waals surface area contributed by atoms with Gasteiger partial charge in [0.1, 0.15) is 28.9 Å². The third-order valence-corrected chi connectivity index (χ3v) is 6.09. The molecular formula is C29H36N7O2+. The van der Waals surface area contributed by atoms with Crippen LogP contribution < -0.4 is 10.5 Å². The van der Waals surface area contributed by atoms with Gasteiger partial charge in [-0.05, 0) is 70.4 Å². The van der Waals surface area contributed by atoms with Gasteiger partial charge in [-0.3, -0.25) is 9.78 Å². The SMILES string of the molecule is C#[N+]OC(C)(C)C.CN(c1c(C#N)c(=O)n(C)c2ccc(C#N)nc12)C1CCCCC1.Cc1ccncc1. The quantitative estimate of drug-likeness (QED) is 0.414. The topological polar surface area (TPSA) is 112 Å². The van der Waals surface area contributed by atoms with Crippen molar-refractivity contribution < 1.29 is 4.84 Å². The molecule has 1 aliphatic carbocycles. The number of hydrogen-bond acceptors (Lipinski definition) is 7. The first-order chi connectivity index (χ1) is 18.0. The Labute approximate surface area is 224 Å². The largest absolute Gasteiger partial charge is 0.369 e. The van der Waals surface area contributed by atoms with E-state index in [0.29, 0.717) is 16.7 Å². The number of hydrogen-bond donors (Lipinski definition) is 0. The molecule has 0 N–H and O–H groups in total. The van der Waals surface area contributed by atoms with Gasteiger partial charge < -0.3 is 9.47 Å². The van der Waals surface area contributed by atoms with Crippen molar-refractivity contribution in [3.05, 3.63) is 68.8 Å². The fourth-order valence-electron chi connectivity index (χ4n) is 4.14. The van der Waals surface area contributed by atoms with Gasteiger partial charge in [0.25, 0.3) is 5.56 Å². The summed E-state index contributed by atoms with van der Waals surface area (Å²) in [6, 6.07) is 11.6. The van der Waals surface area contributed by atoms with E-state index in [1.807, 2.05) is 57.8 Å². The van der Waals surface area contributed by atoms with Crippen LogP contribution >= 0.6 is 0 Å². The van der Waals surface area contributed by atoms with E-state index in [-0.39, 0.29) is 28.5 Å². The van der Waals surface area contributed by atoms with E-state index in [9.17, 15) is 10.1 Å². The fraction of sp³-hybridized carbons (Fsp3) is 0.448. The van der Waals surface area contributed by atoms with Crippen LogP contribution in [0.15, 0.2) is 41.5 Å². The van der Waals surface area contributed by atoms with Crippen molar-refractivity contribution in [2.24, 2.45) is 7.05 Å². The Hall–Kier alpha value is -4.42. The molecule has 3 aromatic rings. The van der Waals surface area contributed by atoms with Crippen LogP contribution in [0.25, 0.3) is 16.0 Å². The zero-order valence-electron chi connectivity index (χ0n) is 23.1. The maximum atomic E-state index is 12.6. The van der Waals surface area contributed by atoms with Gasteiger partial charge in [-0.25, -0.2) is 4.98 Å². The van der Waals surface area contributed by atoms with Crippen molar-refractivity contribution in [2.75, 3.05) is 11.9 Å². The molecule has 0 amide bonds. The van der Waals surface area contributed by atoms with Gasteiger partial charge in [0.2, 0.25) is 5.01 Å². The molecule has 1 saturated carbocycles. The lowest BCUT2D eigenvalue weighted by Gasteiger charge is -2.33. The summed E-state index contributed by atoms with van der Waals surface area (Å²) in [6.45, 7) is 12.4. The highest BCUT2D eigenvalue weighted by Gasteiger charge is 2.25. The number of aromatic nitrogens is 3. The molecule has 0 unspecified atom stereocenters. The first-order valence-electron chi connectivity index (χ1n) is 12.6. The molecule has 9 nitrogen and oxygen atoms in total. The molecule has 0 bridgehead atoms. The predicted molar refractivity (Wildman–Crippen MR) is 150 cm³/mol. The summed E-state index contributed by atoms with van der Waals surface area (Å²) in [5.41, 5.74) is 2.80. The van der Waals surface area contributed by atoms with Crippen LogP contribution in [0.5, 0.6) is 0 Å². The van der Waals surface area contributed by atoms with Gasteiger partial charge in [0.05, 0.1) is 11.2 Å². The second kappa shape index (κ2) is 13.8. The van der Waals surface area contributed by atoms with Crippen LogP contribution in [-0.4, -0.2) is 33.2 Å². The second-order valence-electron chi connectivity index (χ2n) is 10.1. The van der Waals surface area contributed by atoms with Gasteiger partial charge >= 0.3 is 6.57 Å². The molecule has 0 aliphatic heterocycles. The number of anilines is 1. The zero-order valence-corrected chi connectivity index (χ0v) is 23.1. The van der Waals surface area contributed by atoms with Crippen LogP contribution in [0, 0.1) is 36.2 Å². The Kier molecular flexibility index (Phi) is 10.8. The average molecular weight is 515 g/mol. The number of nitriles is 2. The van der Waals surface area contributed by atoms with E-state index < -0.39 is 0 Å². The Morgan fingerprint density at radius 2 is 1.74 bits per heavy atom. The number of nitrogens with zero attached hydrogens (tertiary/aromatic N) is 7. The summed E-state index contributed by atoms with van der Waals surface area (Å²) in [5, 5.41) is 21.7. The lowest BCUT2D eigenvalue weighted by molar-refractivity contribution is 0.0725. The minimum Gasteiger partial charge on any atom is -0.369 e. The monoisotopic (exact) mass is 514 g/mol. The standard InChI is InChI=1S/C18H19N5O.C6H7N.C5H10NO/c1-22(13-6-4-3-5-7-13)17-14(11-20)18(24)23(2)15-9-8-12(10-19)21-16(15)17;1-6-2-4-7-5-3-6;1-5(2,3)7-6-4/h8-9,13H,3-7H2,1-2H3;2-5H,1H3;4H,1-3H3/q;;+1. The molecule has 0 atom stereocenters. The molecule has 1 fully saturated rings. The predicted octanol–water partition coefficient (Wildman–Crippen LogP) is 5.51. The number of rotatable bonds is 2. The van der Waals surface area contributed by atoms with Crippen LogP contribution in [0.4, 0.5) is 5.69 Å². The van der Waals surface area contributed by atoms with E-state index in [1.54, 1.807) is 31.6 Å². The van der Waals surface area contributed by atoms with Crippen LogP contribution in [0.3, 0.4) is 0 Å². The highest BCUT2D eigenvalue weighted by molar-refractivity contribution is 5.92. The molecule has 0 spiro atoms. The number of aryl methyl sites for hydroxylation is 2. The fourth-order valence-corrected chi connectivity index (χ4v) is 4.14. The molecule has 9 heteroatoms. The smallest absolute Gasteiger partial charge is 0.335 e. The number of pyridine rings is 3. The number of fused-ring (bicyclic) bond motifs is 1. The highest BCUT2D eigenvalue weighted by atomic mass is 16.6. The minimum atomic E-state index is -0.325. The molecule has 198 valence electrons. The van der Waals surface area contributed by atoms with Crippen molar-refractivity contribution >= 4 is 16.7 Å². The molecule has 38 heavy (non-hydrogen) atoms. The van der Waals surface area contributed by atoms with Crippen LogP contribution in [0.2, 0.25) is 0 Å². The van der Waals surface area contributed by atoms with Crippen molar-refractivity contribution in [3.63, 3.8) is 0 Å². The second-order valence-corrected chi connectivity index (χ2v) is 10.1. The lowest BCUT2D eigenvalue weighted by atomic mass is 9.93. The Morgan fingerprint density at radius 3 is 2.18 bits per heavy atom. The molecule has 1 aliphatic rings. The van der Waals surface area contributed by atoms with Gasteiger partial charge in [-0.2, -0.15) is 15.4 Å². The third kappa shape index (κ3) is 8.05. The van der Waals surface area contributed by atoms with E-state index >= 15 is 0 Å². The van der Waals surface area contributed by atoms with Gasteiger partial charge in [-0.15, -0.1) is 0 Å². The van der Waals surface area contributed by atoms with E-state index in [4.69, 9.17) is 11.8 Å². The first kappa shape index (κ1) is 29.8. The van der Waals surface area contributed by atoms with Crippen LogP contribution in [0.1, 0.15) is 69.7 Å².